The Morgan fingerprint density at radius 3 is 2.90 bits per heavy atom. The lowest BCUT2D eigenvalue weighted by Gasteiger charge is -2.14. The van der Waals surface area contributed by atoms with Crippen molar-refractivity contribution in [2.45, 2.75) is 38.6 Å². The predicted molar refractivity (Wildman–Crippen MR) is 112 cm³/mol. The Hall–Kier alpha value is -3.15. The number of pyridine rings is 1. The first-order valence-corrected chi connectivity index (χ1v) is 10.1. The molecular weight excluding hydrogens is 364 g/mol. The highest BCUT2D eigenvalue weighted by atomic mass is 16.5. The maximum atomic E-state index is 12.3. The molecule has 6 heteroatoms. The third-order valence-corrected chi connectivity index (χ3v) is 5.31. The number of nitrogens with zero attached hydrogens (tertiary/aromatic N) is 3. The van der Waals surface area contributed by atoms with Crippen molar-refractivity contribution in [3.63, 3.8) is 0 Å². The Balaban J connectivity index is 1.41. The molecule has 2 aromatic heterocycles. The normalized spacial score (nSPS) is 13.0. The molecule has 1 amide bonds. The zero-order valence-corrected chi connectivity index (χ0v) is 16.7. The molecular formula is C23H26N4O2. The summed E-state index contributed by atoms with van der Waals surface area (Å²) in [7, 11) is 1.63. The van der Waals surface area contributed by atoms with Crippen molar-refractivity contribution in [2.24, 2.45) is 0 Å². The SMILES string of the molecule is COc1cccc(CC(=O)NCCn2nc(-c3ccccn3)c3c2CCCC3)c1. The predicted octanol–water partition coefficient (Wildman–Crippen LogP) is 3.19. The number of carbonyl (C=O) groups excluding carboxylic acids is 1. The van der Waals surface area contributed by atoms with E-state index in [9.17, 15) is 4.79 Å². The molecule has 150 valence electrons. The van der Waals surface area contributed by atoms with E-state index in [1.807, 2.05) is 48.7 Å². The molecule has 29 heavy (non-hydrogen) atoms. The molecule has 1 aromatic carbocycles. The molecule has 0 spiro atoms. The van der Waals surface area contributed by atoms with Gasteiger partial charge in [0.15, 0.2) is 0 Å². The Morgan fingerprint density at radius 2 is 2.07 bits per heavy atom. The van der Waals surface area contributed by atoms with Gasteiger partial charge in [-0.15, -0.1) is 0 Å². The first kappa shape index (κ1) is 19.2. The van der Waals surface area contributed by atoms with Gasteiger partial charge < -0.3 is 10.1 Å². The van der Waals surface area contributed by atoms with Crippen LogP contribution < -0.4 is 10.1 Å². The molecule has 0 bridgehead atoms. The van der Waals surface area contributed by atoms with Crippen LogP contribution in [0.4, 0.5) is 0 Å². The first-order valence-electron chi connectivity index (χ1n) is 10.1. The molecule has 0 atom stereocenters. The van der Waals surface area contributed by atoms with Crippen LogP contribution in [-0.4, -0.2) is 34.3 Å². The van der Waals surface area contributed by atoms with Crippen LogP contribution in [0, 0.1) is 0 Å². The summed E-state index contributed by atoms with van der Waals surface area (Å²) in [6.45, 7) is 1.22. The quantitative estimate of drug-likeness (QED) is 0.673. The second kappa shape index (κ2) is 8.90. The molecule has 0 saturated carbocycles. The topological polar surface area (TPSA) is 69.0 Å². The summed E-state index contributed by atoms with van der Waals surface area (Å²) in [4.78, 5) is 16.8. The third-order valence-electron chi connectivity index (χ3n) is 5.31. The molecule has 1 N–H and O–H groups in total. The minimum absolute atomic E-state index is 0.00391. The largest absolute Gasteiger partial charge is 0.497 e. The summed E-state index contributed by atoms with van der Waals surface area (Å²) in [6, 6.07) is 13.5. The summed E-state index contributed by atoms with van der Waals surface area (Å²) in [5.74, 6) is 0.768. The zero-order chi connectivity index (χ0) is 20.1. The minimum Gasteiger partial charge on any atom is -0.497 e. The molecule has 0 aliphatic heterocycles. The van der Waals surface area contributed by atoms with Crippen LogP contribution in [0.5, 0.6) is 5.75 Å². The van der Waals surface area contributed by atoms with Gasteiger partial charge in [-0.3, -0.25) is 14.5 Å². The number of benzene rings is 1. The van der Waals surface area contributed by atoms with E-state index >= 15 is 0 Å². The summed E-state index contributed by atoms with van der Waals surface area (Å²) < 4.78 is 7.28. The van der Waals surface area contributed by atoms with Gasteiger partial charge in [-0.2, -0.15) is 5.10 Å². The smallest absolute Gasteiger partial charge is 0.224 e. The van der Waals surface area contributed by atoms with E-state index in [4.69, 9.17) is 9.84 Å². The van der Waals surface area contributed by atoms with E-state index in [0.717, 1.165) is 35.5 Å². The lowest BCUT2D eigenvalue weighted by molar-refractivity contribution is -0.120. The maximum absolute atomic E-state index is 12.3. The fourth-order valence-electron chi connectivity index (χ4n) is 3.90. The van der Waals surface area contributed by atoms with Crippen molar-refractivity contribution in [3.8, 4) is 17.1 Å². The fraction of sp³-hybridized carbons (Fsp3) is 0.348. The van der Waals surface area contributed by atoms with Crippen LogP contribution in [0.1, 0.15) is 29.7 Å². The van der Waals surface area contributed by atoms with Crippen LogP contribution in [0.2, 0.25) is 0 Å². The van der Waals surface area contributed by atoms with E-state index < -0.39 is 0 Å². The lowest BCUT2D eigenvalue weighted by Crippen LogP contribution is -2.29. The van der Waals surface area contributed by atoms with Gasteiger partial charge in [0.1, 0.15) is 11.4 Å². The number of hydrogen-bond donors (Lipinski definition) is 1. The summed E-state index contributed by atoms with van der Waals surface area (Å²) in [6.07, 6.45) is 6.60. The second-order valence-corrected chi connectivity index (χ2v) is 7.30. The van der Waals surface area contributed by atoms with Crippen molar-refractivity contribution in [3.05, 3.63) is 65.5 Å². The van der Waals surface area contributed by atoms with Crippen molar-refractivity contribution in [1.29, 1.82) is 0 Å². The number of methoxy groups -OCH3 is 1. The Morgan fingerprint density at radius 1 is 1.17 bits per heavy atom. The van der Waals surface area contributed by atoms with Gasteiger partial charge in [0.25, 0.3) is 0 Å². The molecule has 6 nitrogen and oxygen atoms in total. The number of hydrogen-bond acceptors (Lipinski definition) is 4. The van der Waals surface area contributed by atoms with Crippen LogP contribution in [0.3, 0.4) is 0 Å². The lowest BCUT2D eigenvalue weighted by atomic mass is 9.95. The van der Waals surface area contributed by atoms with Gasteiger partial charge in [0.05, 0.1) is 25.8 Å². The van der Waals surface area contributed by atoms with E-state index in [2.05, 4.69) is 15.0 Å². The molecule has 4 rings (SSSR count). The number of aromatic nitrogens is 3. The van der Waals surface area contributed by atoms with Crippen LogP contribution in [0.15, 0.2) is 48.7 Å². The Kier molecular flexibility index (Phi) is 5.89. The van der Waals surface area contributed by atoms with Crippen molar-refractivity contribution >= 4 is 5.91 Å². The van der Waals surface area contributed by atoms with Gasteiger partial charge in [0, 0.05) is 24.0 Å². The number of amides is 1. The van der Waals surface area contributed by atoms with Crippen LogP contribution in [0.25, 0.3) is 11.4 Å². The van der Waals surface area contributed by atoms with Crippen LogP contribution >= 0.6 is 0 Å². The number of ether oxygens (including phenoxy) is 1. The highest BCUT2D eigenvalue weighted by Crippen LogP contribution is 2.30. The molecule has 3 aromatic rings. The van der Waals surface area contributed by atoms with Crippen molar-refractivity contribution < 1.29 is 9.53 Å². The highest BCUT2D eigenvalue weighted by Gasteiger charge is 2.22. The first-order chi connectivity index (χ1) is 14.2. The Bertz CT molecular complexity index is 982. The number of carbonyl (C=O) groups is 1. The standard InChI is InChI=1S/C23H26N4O2/c1-29-18-8-6-7-17(15-18)16-22(28)25-13-14-27-21-11-3-2-9-19(21)23(26-27)20-10-4-5-12-24-20/h4-8,10,12,15H,2-3,9,11,13-14,16H2,1H3,(H,25,28). The fourth-order valence-corrected chi connectivity index (χ4v) is 3.90. The molecule has 0 unspecified atom stereocenters. The van der Waals surface area contributed by atoms with Gasteiger partial charge in [-0.05, 0) is 55.5 Å². The van der Waals surface area contributed by atoms with E-state index in [1.165, 1.54) is 24.1 Å². The second-order valence-electron chi connectivity index (χ2n) is 7.30. The zero-order valence-electron chi connectivity index (χ0n) is 16.7. The Labute approximate surface area is 170 Å². The number of fused-ring (bicyclic) bond motifs is 1. The summed E-state index contributed by atoms with van der Waals surface area (Å²) >= 11 is 0. The molecule has 1 aliphatic carbocycles. The average Bonchev–Trinajstić information content (AvgIpc) is 3.13. The van der Waals surface area contributed by atoms with E-state index in [-0.39, 0.29) is 5.91 Å². The van der Waals surface area contributed by atoms with Gasteiger partial charge in [-0.1, -0.05) is 18.2 Å². The van der Waals surface area contributed by atoms with Gasteiger partial charge in [-0.25, -0.2) is 0 Å². The van der Waals surface area contributed by atoms with Crippen LogP contribution in [-0.2, 0) is 30.6 Å². The molecule has 2 heterocycles. The van der Waals surface area contributed by atoms with Gasteiger partial charge >= 0.3 is 0 Å². The maximum Gasteiger partial charge on any atom is 0.224 e. The molecule has 1 aliphatic rings. The van der Waals surface area contributed by atoms with E-state index in [1.54, 1.807) is 7.11 Å². The number of rotatable bonds is 7. The minimum atomic E-state index is 0.00391. The highest BCUT2D eigenvalue weighted by molar-refractivity contribution is 5.78. The number of nitrogens with one attached hydrogen (secondary N) is 1. The third kappa shape index (κ3) is 4.47. The van der Waals surface area contributed by atoms with Crippen molar-refractivity contribution in [1.82, 2.24) is 20.1 Å². The van der Waals surface area contributed by atoms with Crippen molar-refractivity contribution in [2.75, 3.05) is 13.7 Å². The summed E-state index contributed by atoms with van der Waals surface area (Å²) in [5, 5.41) is 7.87. The van der Waals surface area contributed by atoms with Gasteiger partial charge in [0.2, 0.25) is 5.91 Å². The molecule has 0 saturated heterocycles. The monoisotopic (exact) mass is 390 g/mol. The van der Waals surface area contributed by atoms with E-state index in [0.29, 0.717) is 19.5 Å². The molecule has 0 radical (unpaired) electrons. The molecule has 0 fully saturated rings. The average molecular weight is 390 g/mol. The summed E-state index contributed by atoms with van der Waals surface area (Å²) in [5.41, 5.74) is 5.46.